The van der Waals surface area contributed by atoms with Crippen molar-refractivity contribution in [1.29, 1.82) is 0 Å². The van der Waals surface area contributed by atoms with Gasteiger partial charge in [0.05, 0.1) is 11.0 Å². The monoisotopic (exact) mass is 248 g/mol. The molecule has 0 aliphatic heterocycles. The van der Waals surface area contributed by atoms with Gasteiger partial charge in [0, 0.05) is 19.5 Å². The SMILES string of the molecule is CCn1c(=O)n(CCCC(=O)O)c2ccccc21. The third-order valence-corrected chi connectivity index (χ3v) is 3.01. The Balaban J connectivity index is 2.40. The van der Waals surface area contributed by atoms with Crippen LogP contribution in [0.5, 0.6) is 0 Å². The van der Waals surface area contributed by atoms with Crippen LogP contribution in [0, 0.1) is 0 Å². The van der Waals surface area contributed by atoms with Crippen molar-refractivity contribution in [2.45, 2.75) is 32.9 Å². The summed E-state index contributed by atoms with van der Waals surface area (Å²) < 4.78 is 3.36. The number of carboxylic acids is 1. The summed E-state index contributed by atoms with van der Waals surface area (Å²) in [5.74, 6) is -0.831. The van der Waals surface area contributed by atoms with Gasteiger partial charge in [0.15, 0.2) is 0 Å². The first-order valence-corrected chi connectivity index (χ1v) is 6.05. The molecule has 0 aliphatic rings. The molecule has 0 spiro atoms. The molecule has 0 saturated heterocycles. The fraction of sp³-hybridized carbons (Fsp3) is 0.385. The normalized spacial score (nSPS) is 10.9. The van der Waals surface area contributed by atoms with Crippen LogP contribution in [0.4, 0.5) is 0 Å². The van der Waals surface area contributed by atoms with Crippen LogP contribution < -0.4 is 5.69 Å². The summed E-state index contributed by atoms with van der Waals surface area (Å²) in [5, 5.41) is 8.63. The predicted molar refractivity (Wildman–Crippen MR) is 68.7 cm³/mol. The van der Waals surface area contributed by atoms with E-state index in [4.69, 9.17) is 5.11 Å². The molecule has 0 saturated carbocycles. The molecule has 0 fully saturated rings. The Hall–Kier alpha value is -2.04. The molecule has 96 valence electrons. The highest BCUT2D eigenvalue weighted by molar-refractivity contribution is 5.76. The van der Waals surface area contributed by atoms with E-state index in [1.165, 1.54) is 0 Å². The zero-order valence-corrected chi connectivity index (χ0v) is 10.3. The number of para-hydroxylation sites is 2. The van der Waals surface area contributed by atoms with E-state index in [0.29, 0.717) is 19.5 Å². The molecule has 0 amide bonds. The average molecular weight is 248 g/mol. The van der Waals surface area contributed by atoms with Crippen LogP contribution in [0.15, 0.2) is 29.1 Å². The zero-order valence-electron chi connectivity index (χ0n) is 10.3. The fourth-order valence-electron chi connectivity index (χ4n) is 2.18. The van der Waals surface area contributed by atoms with Crippen molar-refractivity contribution in [2.24, 2.45) is 0 Å². The molecular weight excluding hydrogens is 232 g/mol. The van der Waals surface area contributed by atoms with Gasteiger partial charge in [0.1, 0.15) is 0 Å². The Bertz CT molecular complexity index is 625. The molecular formula is C13H16N2O3. The van der Waals surface area contributed by atoms with Gasteiger partial charge < -0.3 is 5.11 Å². The molecule has 0 unspecified atom stereocenters. The van der Waals surface area contributed by atoms with Crippen LogP contribution in [-0.2, 0) is 17.9 Å². The lowest BCUT2D eigenvalue weighted by Crippen LogP contribution is -2.24. The van der Waals surface area contributed by atoms with E-state index >= 15 is 0 Å². The average Bonchev–Trinajstić information content (AvgIpc) is 2.62. The number of aromatic nitrogens is 2. The molecule has 0 atom stereocenters. The Morgan fingerprint density at radius 2 is 1.83 bits per heavy atom. The van der Waals surface area contributed by atoms with E-state index in [0.717, 1.165) is 11.0 Å². The van der Waals surface area contributed by atoms with E-state index < -0.39 is 5.97 Å². The first-order chi connectivity index (χ1) is 8.65. The molecule has 0 radical (unpaired) electrons. The summed E-state index contributed by atoms with van der Waals surface area (Å²) in [5.41, 5.74) is 1.71. The van der Waals surface area contributed by atoms with Gasteiger partial charge in [-0.25, -0.2) is 4.79 Å². The van der Waals surface area contributed by atoms with Crippen LogP contribution in [0.1, 0.15) is 19.8 Å². The number of carbonyl (C=O) groups is 1. The number of aryl methyl sites for hydroxylation is 2. The number of imidazole rings is 1. The summed E-state index contributed by atoms with van der Waals surface area (Å²) in [4.78, 5) is 22.7. The molecule has 18 heavy (non-hydrogen) atoms. The highest BCUT2D eigenvalue weighted by Crippen LogP contribution is 2.13. The number of benzene rings is 1. The van der Waals surface area contributed by atoms with E-state index in [9.17, 15) is 9.59 Å². The number of hydrogen-bond donors (Lipinski definition) is 1. The third kappa shape index (κ3) is 2.16. The van der Waals surface area contributed by atoms with Crippen molar-refractivity contribution in [3.05, 3.63) is 34.7 Å². The van der Waals surface area contributed by atoms with Gasteiger partial charge in [-0.1, -0.05) is 12.1 Å². The lowest BCUT2D eigenvalue weighted by Gasteiger charge is -2.00. The van der Waals surface area contributed by atoms with Crippen molar-refractivity contribution in [2.75, 3.05) is 0 Å². The number of nitrogens with zero attached hydrogens (tertiary/aromatic N) is 2. The second-order valence-electron chi connectivity index (χ2n) is 4.16. The van der Waals surface area contributed by atoms with Crippen LogP contribution in [0.25, 0.3) is 11.0 Å². The van der Waals surface area contributed by atoms with Crippen molar-refractivity contribution in [1.82, 2.24) is 9.13 Å². The highest BCUT2D eigenvalue weighted by atomic mass is 16.4. The largest absolute Gasteiger partial charge is 0.481 e. The Morgan fingerprint density at radius 1 is 1.22 bits per heavy atom. The molecule has 2 aromatic rings. The summed E-state index contributed by atoms with van der Waals surface area (Å²) in [6.07, 6.45) is 0.547. The highest BCUT2D eigenvalue weighted by Gasteiger charge is 2.11. The van der Waals surface area contributed by atoms with Crippen LogP contribution in [0.3, 0.4) is 0 Å². The second-order valence-corrected chi connectivity index (χ2v) is 4.16. The Kier molecular flexibility index (Phi) is 3.50. The standard InChI is InChI=1S/C13H16N2O3/c1-2-14-10-6-3-4-7-11(10)15(13(14)18)9-5-8-12(16)17/h3-4,6-7H,2,5,8-9H2,1H3,(H,16,17). The number of aliphatic carboxylic acids is 1. The zero-order chi connectivity index (χ0) is 13.1. The second kappa shape index (κ2) is 5.08. The predicted octanol–water partition coefficient (Wildman–Crippen LogP) is 1.69. The molecule has 5 heteroatoms. The Morgan fingerprint density at radius 3 is 2.39 bits per heavy atom. The number of carboxylic acid groups (broad SMARTS) is 1. The minimum Gasteiger partial charge on any atom is -0.481 e. The van der Waals surface area contributed by atoms with Gasteiger partial charge in [-0.3, -0.25) is 13.9 Å². The summed E-state index contributed by atoms with van der Waals surface area (Å²) >= 11 is 0. The molecule has 0 bridgehead atoms. The molecule has 1 aromatic carbocycles. The van der Waals surface area contributed by atoms with Crippen LogP contribution in [-0.4, -0.2) is 20.2 Å². The van der Waals surface area contributed by atoms with Gasteiger partial charge in [-0.2, -0.15) is 0 Å². The van der Waals surface area contributed by atoms with E-state index in [1.807, 2.05) is 31.2 Å². The number of rotatable bonds is 5. The van der Waals surface area contributed by atoms with Crippen molar-refractivity contribution in [3.8, 4) is 0 Å². The van der Waals surface area contributed by atoms with Gasteiger partial charge in [-0.05, 0) is 25.5 Å². The lowest BCUT2D eigenvalue weighted by molar-refractivity contribution is -0.137. The third-order valence-electron chi connectivity index (χ3n) is 3.01. The molecule has 1 aromatic heterocycles. The Labute approximate surface area is 104 Å². The molecule has 0 aliphatic carbocycles. The van der Waals surface area contributed by atoms with Gasteiger partial charge in [-0.15, -0.1) is 0 Å². The van der Waals surface area contributed by atoms with Gasteiger partial charge >= 0.3 is 11.7 Å². The molecule has 1 heterocycles. The van der Waals surface area contributed by atoms with E-state index in [-0.39, 0.29) is 12.1 Å². The van der Waals surface area contributed by atoms with Gasteiger partial charge in [0.25, 0.3) is 0 Å². The van der Waals surface area contributed by atoms with Crippen molar-refractivity contribution >= 4 is 17.0 Å². The molecule has 2 rings (SSSR count). The maximum absolute atomic E-state index is 12.2. The number of fused-ring (bicyclic) bond motifs is 1. The van der Waals surface area contributed by atoms with Crippen LogP contribution >= 0.6 is 0 Å². The maximum Gasteiger partial charge on any atom is 0.329 e. The topological polar surface area (TPSA) is 64.2 Å². The first kappa shape index (κ1) is 12.4. The summed E-state index contributed by atoms with van der Waals surface area (Å²) in [6, 6.07) is 7.59. The minimum absolute atomic E-state index is 0.0657. The minimum atomic E-state index is -0.831. The van der Waals surface area contributed by atoms with E-state index in [1.54, 1.807) is 9.13 Å². The lowest BCUT2D eigenvalue weighted by atomic mass is 10.3. The summed E-state index contributed by atoms with van der Waals surface area (Å²) in [6.45, 7) is 2.99. The fourth-order valence-corrected chi connectivity index (χ4v) is 2.18. The van der Waals surface area contributed by atoms with E-state index in [2.05, 4.69) is 0 Å². The quantitative estimate of drug-likeness (QED) is 0.875. The smallest absolute Gasteiger partial charge is 0.329 e. The molecule has 5 nitrogen and oxygen atoms in total. The van der Waals surface area contributed by atoms with Crippen molar-refractivity contribution < 1.29 is 9.90 Å². The number of hydrogen-bond acceptors (Lipinski definition) is 2. The maximum atomic E-state index is 12.2. The summed E-state index contributed by atoms with van der Waals surface area (Å²) in [7, 11) is 0. The molecule has 1 N–H and O–H groups in total. The first-order valence-electron chi connectivity index (χ1n) is 6.05. The van der Waals surface area contributed by atoms with Crippen LogP contribution in [0.2, 0.25) is 0 Å². The van der Waals surface area contributed by atoms with Gasteiger partial charge in [0.2, 0.25) is 0 Å². The van der Waals surface area contributed by atoms with Crippen molar-refractivity contribution in [3.63, 3.8) is 0 Å².